The van der Waals surface area contributed by atoms with Gasteiger partial charge in [0, 0.05) is 32.1 Å². The Morgan fingerprint density at radius 3 is 2.87 bits per heavy atom. The molecule has 1 aromatic heterocycles. The third-order valence-electron chi connectivity index (χ3n) is 2.66. The highest BCUT2D eigenvalue weighted by atomic mass is 16.5. The molecular weight excluding hydrogens is 190 g/mol. The van der Waals surface area contributed by atoms with Gasteiger partial charge in [0.15, 0.2) is 0 Å². The van der Waals surface area contributed by atoms with Crippen LogP contribution in [-0.4, -0.2) is 35.8 Å². The van der Waals surface area contributed by atoms with Crippen LogP contribution in [0, 0.1) is 0 Å². The zero-order chi connectivity index (χ0) is 10.5. The molecule has 4 nitrogen and oxygen atoms in total. The van der Waals surface area contributed by atoms with Crippen LogP contribution in [0.1, 0.15) is 19.8 Å². The summed E-state index contributed by atoms with van der Waals surface area (Å²) in [5, 5.41) is 0. The van der Waals surface area contributed by atoms with Crippen LogP contribution in [0.2, 0.25) is 0 Å². The Morgan fingerprint density at radius 1 is 1.47 bits per heavy atom. The molecule has 1 aromatic rings. The van der Waals surface area contributed by atoms with Crippen molar-refractivity contribution in [2.45, 2.75) is 25.9 Å². The number of likely N-dealkylation sites (N-methyl/N-ethyl adjacent to an activating group) is 1. The molecule has 1 saturated heterocycles. The van der Waals surface area contributed by atoms with Crippen molar-refractivity contribution in [1.82, 2.24) is 9.97 Å². The molecule has 0 N–H and O–H groups in total. The van der Waals surface area contributed by atoms with E-state index in [0.717, 1.165) is 32.1 Å². The standard InChI is InChI=1S/C11H17N3O/c1-2-14(9-10-5-3-8-15-10)11-12-6-4-7-13-11/h4,6-7,10H,2-3,5,8-9H2,1H3. The minimum absolute atomic E-state index is 0.355. The van der Waals surface area contributed by atoms with Gasteiger partial charge >= 0.3 is 0 Å². The minimum atomic E-state index is 0.355. The minimum Gasteiger partial charge on any atom is -0.376 e. The number of hydrogen-bond donors (Lipinski definition) is 0. The summed E-state index contributed by atoms with van der Waals surface area (Å²) in [6.45, 7) is 4.84. The zero-order valence-electron chi connectivity index (χ0n) is 9.09. The molecule has 1 fully saturated rings. The van der Waals surface area contributed by atoms with Crippen molar-refractivity contribution in [3.05, 3.63) is 18.5 Å². The number of aromatic nitrogens is 2. The molecule has 0 saturated carbocycles. The van der Waals surface area contributed by atoms with Gasteiger partial charge in [0.2, 0.25) is 5.95 Å². The van der Waals surface area contributed by atoms with Gasteiger partial charge in [-0.1, -0.05) is 0 Å². The van der Waals surface area contributed by atoms with Gasteiger partial charge in [-0.2, -0.15) is 0 Å². The lowest BCUT2D eigenvalue weighted by atomic mass is 10.2. The Labute approximate surface area is 90.3 Å². The van der Waals surface area contributed by atoms with Crippen molar-refractivity contribution in [2.24, 2.45) is 0 Å². The summed E-state index contributed by atoms with van der Waals surface area (Å²) in [4.78, 5) is 10.7. The summed E-state index contributed by atoms with van der Waals surface area (Å²) in [5.41, 5.74) is 0. The van der Waals surface area contributed by atoms with Crippen LogP contribution in [0.5, 0.6) is 0 Å². The number of nitrogens with zero attached hydrogens (tertiary/aromatic N) is 3. The molecule has 0 bridgehead atoms. The van der Waals surface area contributed by atoms with E-state index in [1.807, 2.05) is 6.07 Å². The molecule has 1 atom stereocenters. The van der Waals surface area contributed by atoms with E-state index < -0.39 is 0 Å². The normalized spacial score (nSPS) is 20.5. The highest BCUT2D eigenvalue weighted by Gasteiger charge is 2.19. The van der Waals surface area contributed by atoms with Crippen LogP contribution in [0.3, 0.4) is 0 Å². The van der Waals surface area contributed by atoms with Crippen molar-refractivity contribution >= 4 is 5.95 Å². The average molecular weight is 207 g/mol. The smallest absolute Gasteiger partial charge is 0.225 e. The van der Waals surface area contributed by atoms with E-state index in [2.05, 4.69) is 21.8 Å². The SMILES string of the molecule is CCN(CC1CCCO1)c1ncccn1. The summed E-state index contributed by atoms with van der Waals surface area (Å²) >= 11 is 0. The second-order valence-corrected chi connectivity index (χ2v) is 3.72. The van der Waals surface area contributed by atoms with Crippen molar-refractivity contribution < 1.29 is 4.74 Å². The van der Waals surface area contributed by atoms with Crippen molar-refractivity contribution in [3.8, 4) is 0 Å². The predicted molar refractivity (Wildman–Crippen MR) is 58.9 cm³/mol. The molecule has 0 amide bonds. The van der Waals surface area contributed by atoms with Crippen LogP contribution in [-0.2, 0) is 4.74 Å². The topological polar surface area (TPSA) is 38.2 Å². The van der Waals surface area contributed by atoms with Crippen LogP contribution in [0.15, 0.2) is 18.5 Å². The van der Waals surface area contributed by atoms with Gasteiger partial charge in [-0.15, -0.1) is 0 Å². The van der Waals surface area contributed by atoms with Gasteiger partial charge in [0.25, 0.3) is 0 Å². The third kappa shape index (κ3) is 2.65. The van der Waals surface area contributed by atoms with E-state index in [4.69, 9.17) is 4.74 Å². The Hall–Kier alpha value is -1.16. The highest BCUT2D eigenvalue weighted by molar-refractivity contribution is 5.28. The predicted octanol–water partition coefficient (Wildman–Crippen LogP) is 1.48. The van der Waals surface area contributed by atoms with Crippen LogP contribution in [0.4, 0.5) is 5.95 Å². The first kappa shape index (κ1) is 10.4. The molecule has 4 heteroatoms. The molecule has 2 rings (SSSR count). The van der Waals surface area contributed by atoms with Crippen molar-refractivity contribution in [3.63, 3.8) is 0 Å². The molecule has 82 valence electrons. The number of anilines is 1. The van der Waals surface area contributed by atoms with Gasteiger partial charge in [0.1, 0.15) is 0 Å². The van der Waals surface area contributed by atoms with E-state index in [1.165, 1.54) is 6.42 Å². The largest absolute Gasteiger partial charge is 0.376 e. The lowest BCUT2D eigenvalue weighted by Gasteiger charge is -2.23. The van der Waals surface area contributed by atoms with Crippen LogP contribution < -0.4 is 4.90 Å². The Kier molecular flexibility index (Phi) is 3.50. The molecule has 2 heterocycles. The van der Waals surface area contributed by atoms with Gasteiger partial charge in [-0.25, -0.2) is 9.97 Å². The van der Waals surface area contributed by atoms with Crippen molar-refractivity contribution in [1.29, 1.82) is 0 Å². The summed E-state index contributed by atoms with van der Waals surface area (Å²) in [7, 11) is 0. The quantitative estimate of drug-likeness (QED) is 0.749. The maximum atomic E-state index is 5.61. The zero-order valence-corrected chi connectivity index (χ0v) is 9.09. The second kappa shape index (κ2) is 5.07. The Bertz CT molecular complexity index is 285. The van der Waals surface area contributed by atoms with E-state index >= 15 is 0 Å². The maximum Gasteiger partial charge on any atom is 0.225 e. The first-order valence-corrected chi connectivity index (χ1v) is 5.53. The number of ether oxygens (including phenoxy) is 1. The van der Waals surface area contributed by atoms with Crippen LogP contribution >= 0.6 is 0 Å². The first-order valence-electron chi connectivity index (χ1n) is 5.53. The fourth-order valence-corrected chi connectivity index (χ4v) is 1.84. The number of rotatable bonds is 4. The van der Waals surface area contributed by atoms with E-state index in [-0.39, 0.29) is 0 Å². The fourth-order valence-electron chi connectivity index (χ4n) is 1.84. The second-order valence-electron chi connectivity index (χ2n) is 3.72. The maximum absolute atomic E-state index is 5.61. The molecule has 0 spiro atoms. The van der Waals surface area contributed by atoms with E-state index in [9.17, 15) is 0 Å². The fraction of sp³-hybridized carbons (Fsp3) is 0.636. The monoisotopic (exact) mass is 207 g/mol. The molecule has 1 aliphatic rings. The van der Waals surface area contributed by atoms with Gasteiger partial charge in [-0.05, 0) is 25.8 Å². The van der Waals surface area contributed by atoms with Crippen LogP contribution in [0.25, 0.3) is 0 Å². The Balaban J connectivity index is 1.97. The Morgan fingerprint density at radius 2 is 2.27 bits per heavy atom. The summed E-state index contributed by atoms with van der Waals surface area (Å²) in [6.07, 6.45) is 6.25. The molecule has 0 aromatic carbocycles. The highest BCUT2D eigenvalue weighted by Crippen LogP contribution is 2.15. The third-order valence-corrected chi connectivity index (χ3v) is 2.66. The molecule has 0 radical (unpaired) electrons. The lowest BCUT2D eigenvalue weighted by molar-refractivity contribution is 0.115. The summed E-state index contributed by atoms with van der Waals surface area (Å²) in [6, 6.07) is 1.84. The first-order chi connectivity index (χ1) is 7.40. The van der Waals surface area contributed by atoms with Gasteiger partial charge in [0.05, 0.1) is 6.10 Å². The van der Waals surface area contributed by atoms with E-state index in [1.54, 1.807) is 12.4 Å². The lowest BCUT2D eigenvalue weighted by Crippen LogP contribution is -2.33. The van der Waals surface area contributed by atoms with E-state index in [0.29, 0.717) is 6.10 Å². The molecule has 15 heavy (non-hydrogen) atoms. The number of hydrogen-bond acceptors (Lipinski definition) is 4. The summed E-state index contributed by atoms with van der Waals surface area (Å²) in [5.74, 6) is 0.801. The van der Waals surface area contributed by atoms with Gasteiger partial charge < -0.3 is 9.64 Å². The molecule has 1 unspecified atom stereocenters. The van der Waals surface area contributed by atoms with Crippen molar-refractivity contribution in [2.75, 3.05) is 24.6 Å². The average Bonchev–Trinajstić information content (AvgIpc) is 2.80. The molecule has 1 aliphatic heterocycles. The summed E-state index contributed by atoms with van der Waals surface area (Å²) < 4.78 is 5.61. The molecular formula is C11H17N3O. The molecule has 0 aliphatic carbocycles. The van der Waals surface area contributed by atoms with Gasteiger partial charge in [-0.3, -0.25) is 0 Å².